The van der Waals surface area contributed by atoms with E-state index >= 15 is 0 Å². The number of benzene rings is 1. The Bertz CT molecular complexity index is 973. The van der Waals surface area contributed by atoms with Crippen LogP contribution >= 0.6 is 0 Å². The number of aromatic hydroxyl groups is 1. The van der Waals surface area contributed by atoms with Crippen LogP contribution in [0.1, 0.15) is 89.0 Å². The molecule has 0 atom stereocenters. The van der Waals surface area contributed by atoms with Crippen molar-refractivity contribution in [3.63, 3.8) is 0 Å². The van der Waals surface area contributed by atoms with Crippen LogP contribution in [0.2, 0.25) is 0 Å². The fourth-order valence-corrected chi connectivity index (χ4v) is 4.95. The van der Waals surface area contributed by atoms with Crippen LogP contribution in [0.4, 0.5) is 10.6 Å². The molecule has 2 N–H and O–H groups in total. The van der Waals surface area contributed by atoms with Crippen LogP contribution in [0.3, 0.4) is 0 Å². The van der Waals surface area contributed by atoms with Gasteiger partial charge in [0.25, 0.3) is 0 Å². The number of hydrogen-bond acceptors (Lipinski definition) is 5. The molecule has 0 unspecified atom stereocenters. The molecule has 7 nitrogen and oxygen atoms in total. The molecule has 2 heterocycles. The molecule has 37 heavy (non-hydrogen) atoms. The van der Waals surface area contributed by atoms with Gasteiger partial charge in [-0.15, -0.1) is 0 Å². The Labute approximate surface area is 223 Å². The molecule has 1 aromatic carbocycles. The highest BCUT2D eigenvalue weighted by atomic mass is 16.6. The number of amides is 1. The molecule has 1 amide bonds. The van der Waals surface area contributed by atoms with Crippen LogP contribution < -0.4 is 5.32 Å². The molecule has 0 radical (unpaired) electrons. The molecule has 1 saturated carbocycles. The zero-order valence-electron chi connectivity index (χ0n) is 23.6. The maximum atomic E-state index is 12.4. The first kappa shape index (κ1) is 29.0. The summed E-state index contributed by atoms with van der Waals surface area (Å²) in [5.41, 5.74) is 3.01. The lowest BCUT2D eigenvalue weighted by Crippen LogP contribution is -2.36. The molecule has 1 aliphatic carbocycles. The van der Waals surface area contributed by atoms with Crippen molar-refractivity contribution in [2.45, 2.75) is 98.6 Å². The molecule has 206 valence electrons. The lowest BCUT2D eigenvalue weighted by atomic mass is 9.86. The number of anilines is 1. The predicted octanol–water partition coefficient (Wildman–Crippen LogP) is 6.90. The van der Waals surface area contributed by atoms with E-state index in [0.29, 0.717) is 12.4 Å². The first-order valence-electron chi connectivity index (χ1n) is 14.3. The van der Waals surface area contributed by atoms with Crippen LogP contribution in [-0.2, 0) is 11.3 Å². The number of likely N-dealkylation sites (tertiary alicyclic amines) is 1. The van der Waals surface area contributed by atoms with E-state index in [-0.39, 0.29) is 11.9 Å². The minimum atomic E-state index is -0.428. The van der Waals surface area contributed by atoms with Gasteiger partial charge in [0.1, 0.15) is 11.9 Å². The van der Waals surface area contributed by atoms with Gasteiger partial charge in [0.05, 0.1) is 6.54 Å². The molecule has 7 heteroatoms. The van der Waals surface area contributed by atoms with Crippen LogP contribution in [0.25, 0.3) is 0 Å². The summed E-state index contributed by atoms with van der Waals surface area (Å²) in [4.78, 5) is 15.0. The van der Waals surface area contributed by atoms with E-state index in [0.717, 1.165) is 54.3 Å². The van der Waals surface area contributed by atoms with Crippen molar-refractivity contribution in [1.82, 2.24) is 14.7 Å². The fourth-order valence-electron chi connectivity index (χ4n) is 4.95. The molecule has 0 spiro atoms. The third kappa shape index (κ3) is 9.69. The Kier molecular flexibility index (Phi) is 11.3. The Balaban J connectivity index is 0.000000695. The highest BCUT2D eigenvalue weighted by Crippen LogP contribution is 2.28. The summed E-state index contributed by atoms with van der Waals surface area (Å²) in [6.07, 6.45) is 9.05. The molecular weight excluding hydrogens is 464 g/mol. The minimum absolute atomic E-state index is 0.00858. The predicted molar refractivity (Wildman–Crippen MR) is 150 cm³/mol. The molecule has 1 aliphatic heterocycles. The average molecular weight is 513 g/mol. The number of nitrogens with one attached hydrogen (secondary N) is 1. The maximum absolute atomic E-state index is 12.4. The zero-order valence-corrected chi connectivity index (χ0v) is 23.6. The van der Waals surface area contributed by atoms with Gasteiger partial charge in [-0.05, 0) is 101 Å². The highest BCUT2D eigenvalue weighted by molar-refractivity contribution is 5.83. The molecule has 1 saturated heterocycles. The van der Waals surface area contributed by atoms with Crippen LogP contribution in [-0.4, -0.2) is 51.6 Å². The Morgan fingerprint density at radius 1 is 1.11 bits per heavy atom. The van der Waals surface area contributed by atoms with E-state index in [4.69, 9.17) is 4.74 Å². The van der Waals surface area contributed by atoms with Gasteiger partial charge in [0.15, 0.2) is 5.82 Å². The Hall–Kier alpha value is -2.54. The summed E-state index contributed by atoms with van der Waals surface area (Å²) >= 11 is 0. The van der Waals surface area contributed by atoms with E-state index in [1.807, 2.05) is 30.7 Å². The first-order chi connectivity index (χ1) is 17.7. The molecule has 2 aromatic rings. The molecule has 0 bridgehead atoms. The van der Waals surface area contributed by atoms with E-state index in [1.54, 1.807) is 12.1 Å². The fraction of sp³-hybridized carbons (Fsp3) is 0.667. The van der Waals surface area contributed by atoms with Crippen molar-refractivity contribution in [3.8, 4) is 5.75 Å². The minimum Gasteiger partial charge on any atom is -0.508 e. The third-order valence-corrected chi connectivity index (χ3v) is 7.71. The average Bonchev–Trinajstić information content (AvgIpc) is 3.21. The summed E-state index contributed by atoms with van der Waals surface area (Å²) in [6.45, 7) is 14.8. The summed E-state index contributed by atoms with van der Waals surface area (Å²) in [7, 11) is 0. The number of hydrogen-bond donors (Lipinski definition) is 2. The number of nitrogens with zero attached hydrogens (tertiary/aromatic N) is 3. The lowest BCUT2D eigenvalue weighted by molar-refractivity contribution is 0.0650. The van der Waals surface area contributed by atoms with Gasteiger partial charge in [0, 0.05) is 18.3 Å². The maximum Gasteiger partial charge on any atom is 0.413 e. The van der Waals surface area contributed by atoms with Gasteiger partial charge >= 0.3 is 6.09 Å². The molecule has 4 rings (SSSR count). The summed E-state index contributed by atoms with van der Waals surface area (Å²) in [6, 6.07) is 7.16. The van der Waals surface area contributed by atoms with Crippen molar-refractivity contribution in [2.75, 3.05) is 25.0 Å². The number of piperidine rings is 1. The number of carbonyl (C=O) groups excluding carboxylic acids is 1. The van der Waals surface area contributed by atoms with Gasteiger partial charge in [-0.3, -0.25) is 10.00 Å². The quantitative estimate of drug-likeness (QED) is 0.422. The number of ether oxygens (including phenoxy) is 1. The van der Waals surface area contributed by atoms with E-state index in [2.05, 4.69) is 36.1 Å². The van der Waals surface area contributed by atoms with Crippen LogP contribution in [0.15, 0.2) is 24.3 Å². The number of phenolic OH excluding ortho intramolecular Hbond substituents is 1. The van der Waals surface area contributed by atoms with Crippen molar-refractivity contribution in [3.05, 3.63) is 41.1 Å². The van der Waals surface area contributed by atoms with Crippen molar-refractivity contribution >= 4 is 11.9 Å². The molecular formula is C30H48N4O3. The highest BCUT2D eigenvalue weighted by Gasteiger charge is 2.26. The third-order valence-electron chi connectivity index (χ3n) is 7.71. The first-order valence-corrected chi connectivity index (χ1v) is 14.3. The molecule has 2 aliphatic rings. The van der Waals surface area contributed by atoms with Crippen molar-refractivity contribution in [2.24, 2.45) is 11.8 Å². The van der Waals surface area contributed by atoms with Gasteiger partial charge < -0.3 is 14.7 Å². The number of rotatable bonds is 7. The zero-order chi connectivity index (χ0) is 26.8. The van der Waals surface area contributed by atoms with Gasteiger partial charge in [-0.2, -0.15) is 5.10 Å². The van der Waals surface area contributed by atoms with E-state index in [9.17, 15) is 9.90 Å². The smallest absolute Gasteiger partial charge is 0.413 e. The number of carbonyl (C=O) groups is 1. The second-order valence-electron chi connectivity index (χ2n) is 11.3. The molecule has 2 fully saturated rings. The summed E-state index contributed by atoms with van der Waals surface area (Å²) in [5, 5.41) is 17.0. The second kappa shape index (κ2) is 14.4. The van der Waals surface area contributed by atoms with Crippen LogP contribution in [0.5, 0.6) is 5.75 Å². The summed E-state index contributed by atoms with van der Waals surface area (Å²) in [5.74, 6) is 2.34. The second-order valence-corrected chi connectivity index (χ2v) is 11.3. The Morgan fingerprint density at radius 3 is 2.43 bits per heavy atom. The Morgan fingerprint density at radius 2 is 1.78 bits per heavy atom. The number of phenols is 1. The van der Waals surface area contributed by atoms with E-state index in [1.165, 1.54) is 45.3 Å². The van der Waals surface area contributed by atoms with Gasteiger partial charge in [0.2, 0.25) is 0 Å². The van der Waals surface area contributed by atoms with Crippen LogP contribution in [0, 0.1) is 25.7 Å². The number of aromatic nitrogens is 2. The normalized spacial score (nSPS) is 20.3. The standard InChI is InChI=1S/C25H36N4O3.C5H12/c1-18-6-9-22(30)15-21(18)17-29-19(2)14-24(27-29)26-25(31)32-23-10-7-20(8-11-23)16-28-12-4-3-5-13-28;1-4-5(2)3/h6,9,14-15,20,23,30H,3-5,7-8,10-13,16-17H2,1-2H3,(H,26,27,31);5H,4H2,1-3H3. The van der Waals surface area contributed by atoms with Crippen molar-refractivity contribution in [1.29, 1.82) is 0 Å². The summed E-state index contributed by atoms with van der Waals surface area (Å²) < 4.78 is 7.51. The SMILES string of the molecule is CCC(C)C.Cc1ccc(O)cc1Cn1nc(NC(=O)OC2CCC(CN3CCCCC3)CC2)cc1C. The monoisotopic (exact) mass is 512 g/mol. The lowest BCUT2D eigenvalue weighted by Gasteiger charge is -2.34. The molecule has 1 aromatic heterocycles. The largest absolute Gasteiger partial charge is 0.508 e. The van der Waals surface area contributed by atoms with Gasteiger partial charge in [-0.25, -0.2) is 4.79 Å². The number of aryl methyl sites for hydroxylation is 2. The van der Waals surface area contributed by atoms with Gasteiger partial charge in [-0.1, -0.05) is 39.7 Å². The van der Waals surface area contributed by atoms with E-state index < -0.39 is 6.09 Å². The van der Waals surface area contributed by atoms with Crippen molar-refractivity contribution < 1.29 is 14.6 Å². The topological polar surface area (TPSA) is 79.6 Å².